The van der Waals surface area contributed by atoms with Crippen molar-refractivity contribution >= 4 is 17.5 Å². The number of benzene rings is 1. The largest absolute Gasteiger partial charge is 0.416 e. The van der Waals surface area contributed by atoms with E-state index in [-0.39, 0.29) is 12.1 Å². The Bertz CT molecular complexity index is 469. The number of halogens is 3. The zero-order valence-corrected chi connectivity index (χ0v) is 10.1. The van der Waals surface area contributed by atoms with E-state index < -0.39 is 29.5 Å². The topological polar surface area (TPSA) is 72.2 Å². The molecule has 1 unspecified atom stereocenters. The summed E-state index contributed by atoms with van der Waals surface area (Å²) in [5.41, 5.74) is 4.44. The molecule has 0 aliphatic carbocycles. The standard InChI is InChI=1S/C12H13F3N2O2/c1-7(11(16)19)6-10(18)17-9-4-2-8(3-5-9)12(13,14)15/h2-5,7H,6H2,1H3,(H2,16,19)(H,17,18). The van der Waals surface area contributed by atoms with Gasteiger partial charge in [0.15, 0.2) is 0 Å². The molecule has 1 rings (SSSR count). The molecule has 0 radical (unpaired) electrons. The highest BCUT2D eigenvalue weighted by Crippen LogP contribution is 2.29. The summed E-state index contributed by atoms with van der Waals surface area (Å²) >= 11 is 0. The molecule has 1 atom stereocenters. The van der Waals surface area contributed by atoms with Crippen molar-refractivity contribution < 1.29 is 22.8 Å². The lowest BCUT2D eigenvalue weighted by Gasteiger charge is -2.10. The van der Waals surface area contributed by atoms with E-state index in [0.29, 0.717) is 0 Å². The van der Waals surface area contributed by atoms with Gasteiger partial charge in [0.1, 0.15) is 0 Å². The van der Waals surface area contributed by atoms with Crippen molar-refractivity contribution in [1.29, 1.82) is 0 Å². The molecule has 104 valence electrons. The number of carbonyl (C=O) groups excluding carboxylic acids is 2. The second kappa shape index (κ2) is 5.73. The third kappa shape index (κ3) is 4.61. The number of rotatable bonds is 4. The van der Waals surface area contributed by atoms with Crippen LogP contribution in [0.4, 0.5) is 18.9 Å². The zero-order chi connectivity index (χ0) is 14.6. The third-order valence-electron chi connectivity index (χ3n) is 2.47. The summed E-state index contributed by atoms with van der Waals surface area (Å²) in [4.78, 5) is 22.2. The fourth-order valence-electron chi connectivity index (χ4n) is 1.33. The molecule has 0 saturated heterocycles. The first-order chi connectivity index (χ1) is 8.70. The first-order valence-electron chi connectivity index (χ1n) is 5.46. The van der Waals surface area contributed by atoms with Gasteiger partial charge in [-0.1, -0.05) is 6.92 Å². The second-order valence-electron chi connectivity index (χ2n) is 4.13. The molecular weight excluding hydrogens is 261 g/mol. The molecule has 0 spiro atoms. The maximum Gasteiger partial charge on any atom is 0.416 e. The van der Waals surface area contributed by atoms with Gasteiger partial charge in [-0.2, -0.15) is 13.2 Å². The lowest BCUT2D eigenvalue weighted by atomic mass is 10.1. The van der Waals surface area contributed by atoms with Crippen molar-refractivity contribution in [2.45, 2.75) is 19.5 Å². The van der Waals surface area contributed by atoms with Crippen LogP contribution in [0.5, 0.6) is 0 Å². The highest BCUT2D eigenvalue weighted by molar-refractivity contribution is 5.93. The van der Waals surface area contributed by atoms with E-state index in [4.69, 9.17) is 5.73 Å². The SMILES string of the molecule is CC(CC(=O)Nc1ccc(C(F)(F)F)cc1)C(N)=O. The molecule has 7 heteroatoms. The summed E-state index contributed by atoms with van der Waals surface area (Å²) in [7, 11) is 0. The molecular formula is C12H13F3N2O2. The summed E-state index contributed by atoms with van der Waals surface area (Å²) in [5.74, 6) is -1.72. The maximum atomic E-state index is 12.3. The second-order valence-corrected chi connectivity index (χ2v) is 4.13. The first-order valence-corrected chi connectivity index (χ1v) is 5.46. The monoisotopic (exact) mass is 274 g/mol. The Kier molecular flexibility index (Phi) is 4.52. The number of alkyl halides is 3. The summed E-state index contributed by atoms with van der Waals surface area (Å²) in [6, 6.07) is 4.03. The summed E-state index contributed by atoms with van der Waals surface area (Å²) in [5, 5.41) is 2.39. The van der Waals surface area contributed by atoms with E-state index in [2.05, 4.69) is 5.32 Å². The van der Waals surface area contributed by atoms with E-state index >= 15 is 0 Å². The van der Waals surface area contributed by atoms with Gasteiger partial charge in [-0.05, 0) is 24.3 Å². The number of nitrogens with two attached hydrogens (primary N) is 1. The van der Waals surface area contributed by atoms with E-state index in [1.165, 1.54) is 6.92 Å². The van der Waals surface area contributed by atoms with Crippen molar-refractivity contribution in [3.8, 4) is 0 Å². The molecule has 0 aromatic heterocycles. The van der Waals surface area contributed by atoms with Crippen LogP contribution in [0.3, 0.4) is 0 Å². The molecule has 1 aromatic rings. The molecule has 0 saturated carbocycles. The van der Waals surface area contributed by atoms with Gasteiger partial charge in [-0.15, -0.1) is 0 Å². The predicted molar refractivity (Wildman–Crippen MR) is 63.0 cm³/mol. The molecule has 0 bridgehead atoms. The summed E-state index contributed by atoms with van der Waals surface area (Å²) in [6.45, 7) is 1.49. The number of carbonyl (C=O) groups is 2. The van der Waals surface area contributed by atoms with Gasteiger partial charge in [0.05, 0.1) is 5.56 Å². The molecule has 1 aromatic carbocycles. The lowest BCUT2D eigenvalue weighted by molar-refractivity contribution is -0.137. The highest BCUT2D eigenvalue weighted by atomic mass is 19.4. The van der Waals surface area contributed by atoms with Crippen LogP contribution in [0.2, 0.25) is 0 Å². The fraction of sp³-hybridized carbons (Fsp3) is 0.333. The smallest absolute Gasteiger partial charge is 0.369 e. The number of primary amides is 1. The Labute approximate surface area is 107 Å². The van der Waals surface area contributed by atoms with Gasteiger partial charge in [0.2, 0.25) is 11.8 Å². The zero-order valence-electron chi connectivity index (χ0n) is 10.1. The van der Waals surface area contributed by atoms with E-state index in [1.54, 1.807) is 0 Å². The fourth-order valence-corrected chi connectivity index (χ4v) is 1.33. The summed E-state index contributed by atoms with van der Waals surface area (Å²) in [6.07, 6.45) is -4.53. The quantitative estimate of drug-likeness (QED) is 0.883. The number of nitrogens with one attached hydrogen (secondary N) is 1. The van der Waals surface area contributed by atoms with Gasteiger partial charge in [-0.25, -0.2) is 0 Å². The maximum absolute atomic E-state index is 12.3. The van der Waals surface area contributed by atoms with Crippen molar-refractivity contribution in [2.24, 2.45) is 11.7 Å². The van der Waals surface area contributed by atoms with E-state index in [1.807, 2.05) is 0 Å². The highest BCUT2D eigenvalue weighted by Gasteiger charge is 2.30. The normalized spacial score (nSPS) is 12.8. The molecule has 0 heterocycles. The molecule has 0 fully saturated rings. The predicted octanol–water partition coefficient (Wildman–Crippen LogP) is 2.16. The average Bonchev–Trinajstić information content (AvgIpc) is 2.28. The van der Waals surface area contributed by atoms with Gasteiger partial charge in [-0.3, -0.25) is 9.59 Å². The van der Waals surface area contributed by atoms with Crippen LogP contribution in [0, 0.1) is 5.92 Å². The Morgan fingerprint density at radius 2 is 1.79 bits per heavy atom. The minimum Gasteiger partial charge on any atom is -0.369 e. The average molecular weight is 274 g/mol. The van der Waals surface area contributed by atoms with Gasteiger partial charge < -0.3 is 11.1 Å². The molecule has 0 aliphatic heterocycles. The van der Waals surface area contributed by atoms with Crippen LogP contribution < -0.4 is 11.1 Å². The third-order valence-corrected chi connectivity index (χ3v) is 2.47. The Morgan fingerprint density at radius 3 is 2.21 bits per heavy atom. The van der Waals surface area contributed by atoms with Crippen LogP contribution >= 0.6 is 0 Å². The van der Waals surface area contributed by atoms with E-state index in [9.17, 15) is 22.8 Å². The number of amides is 2. The molecule has 4 nitrogen and oxygen atoms in total. The minimum absolute atomic E-state index is 0.115. The minimum atomic E-state index is -4.41. The van der Waals surface area contributed by atoms with Gasteiger partial charge in [0.25, 0.3) is 0 Å². The van der Waals surface area contributed by atoms with Crippen LogP contribution in [0.15, 0.2) is 24.3 Å². The Balaban J connectivity index is 2.63. The lowest BCUT2D eigenvalue weighted by Crippen LogP contribution is -2.25. The van der Waals surface area contributed by atoms with Crippen LogP contribution in [0.25, 0.3) is 0 Å². The van der Waals surface area contributed by atoms with E-state index in [0.717, 1.165) is 24.3 Å². The van der Waals surface area contributed by atoms with Crippen LogP contribution in [-0.4, -0.2) is 11.8 Å². The Hall–Kier alpha value is -2.05. The van der Waals surface area contributed by atoms with Crippen molar-refractivity contribution in [1.82, 2.24) is 0 Å². The first kappa shape index (κ1) is 15.0. The molecule has 0 aliphatic rings. The Morgan fingerprint density at radius 1 is 1.26 bits per heavy atom. The molecule has 2 amide bonds. The van der Waals surface area contributed by atoms with Crippen molar-refractivity contribution in [3.05, 3.63) is 29.8 Å². The van der Waals surface area contributed by atoms with Gasteiger partial charge in [0, 0.05) is 18.0 Å². The summed E-state index contributed by atoms with van der Waals surface area (Å²) < 4.78 is 36.9. The molecule has 3 N–H and O–H groups in total. The number of anilines is 1. The van der Waals surface area contributed by atoms with Crippen molar-refractivity contribution in [3.63, 3.8) is 0 Å². The number of hydrogen-bond acceptors (Lipinski definition) is 2. The van der Waals surface area contributed by atoms with Crippen molar-refractivity contribution in [2.75, 3.05) is 5.32 Å². The number of hydrogen-bond donors (Lipinski definition) is 2. The van der Waals surface area contributed by atoms with Gasteiger partial charge >= 0.3 is 6.18 Å². The van der Waals surface area contributed by atoms with Crippen LogP contribution in [-0.2, 0) is 15.8 Å². The van der Waals surface area contributed by atoms with Crippen LogP contribution in [0.1, 0.15) is 18.9 Å². The molecule has 19 heavy (non-hydrogen) atoms.